The predicted octanol–water partition coefficient (Wildman–Crippen LogP) is 2.29. The Hall–Kier alpha value is -0.930. The number of esters is 1. The van der Waals surface area contributed by atoms with Gasteiger partial charge in [-0.25, -0.2) is 4.79 Å². The molecule has 0 bridgehead atoms. The molecule has 0 N–H and O–H groups in total. The normalized spacial score (nSPS) is 11.8. The predicted molar refractivity (Wildman–Crippen MR) is 149 cm³/mol. The maximum atomic E-state index is 11.5. The molecule has 0 aromatic carbocycles. The Morgan fingerprint density at radius 2 is 0.675 bits per heavy atom. The molecule has 0 spiro atoms. The van der Waals surface area contributed by atoms with Crippen molar-refractivity contribution in [3.63, 3.8) is 0 Å². The summed E-state index contributed by atoms with van der Waals surface area (Å²) < 4.78 is 59.2. The van der Waals surface area contributed by atoms with Gasteiger partial charge < -0.3 is 52.1 Å². The zero-order valence-electron chi connectivity index (χ0n) is 25.5. The van der Waals surface area contributed by atoms with Gasteiger partial charge in [0.2, 0.25) is 0 Å². The fourth-order valence-corrected chi connectivity index (χ4v) is 2.75. The van der Waals surface area contributed by atoms with E-state index in [0.717, 1.165) is 19.4 Å². The van der Waals surface area contributed by atoms with E-state index < -0.39 is 5.60 Å². The molecule has 0 unspecified atom stereocenters. The lowest BCUT2D eigenvalue weighted by Gasteiger charge is -2.19. The van der Waals surface area contributed by atoms with Gasteiger partial charge in [-0.3, -0.25) is 0 Å². The maximum Gasteiger partial charge on any atom is 0.332 e. The van der Waals surface area contributed by atoms with Gasteiger partial charge in [0.25, 0.3) is 0 Å². The highest BCUT2D eigenvalue weighted by molar-refractivity contribution is 5.71. The molecule has 0 saturated carbocycles. The van der Waals surface area contributed by atoms with Crippen LogP contribution in [0.3, 0.4) is 0 Å². The third-order valence-corrected chi connectivity index (χ3v) is 4.63. The van der Waals surface area contributed by atoms with Crippen molar-refractivity contribution >= 4 is 5.97 Å². The quantitative estimate of drug-likeness (QED) is 0.0853. The SMILES string of the molecule is CCCCOCCOCCOCCOCCOCCOCCOCCOCCOCCOCC(=O)OC(C)(C)C. The lowest BCUT2D eigenvalue weighted by molar-refractivity contribution is -0.160. The minimum atomic E-state index is -0.506. The number of carbonyl (C=O) groups is 1. The smallest absolute Gasteiger partial charge is 0.332 e. The van der Waals surface area contributed by atoms with E-state index in [1.54, 1.807) is 0 Å². The topological polar surface area (TPSA) is 119 Å². The van der Waals surface area contributed by atoms with E-state index in [0.29, 0.717) is 119 Å². The van der Waals surface area contributed by atoms with Crippen LogP contribution in [0.2, 0.25) is 0 Å². The van der Waals surface area contributed by atoms with Crippen LogP contribution in [-0.2, 0) is 56.9 Å². The van der Waals surface area contributed by atoms with Crippen LogP contribution < -0.4 is 0 Å². The second-order valence-corrected chi connectivity index (χ2v) is 9.50. The van der Waals surface area contributed by atoms with Crippen LogP contribution in [0.4, 0.5) is 0 Å². The number of rotatable bonds is 32. The zero-order valence-corrected chi connectivity index (χ0v) is 25.5. The number of hydrogen-bond donors (Lipinski definition) is 0. The summed E-state index contributed by atoms with van der Waals surface area (Å²) in [5, 5.41) is 0. The average Bonchev–Trinajstić information content (AvgIpc) is 2.90. The van der Waals surface area contributed by atoms with E-state index in [2.05, 4.69) is 6.92 Å². The van der Waals surface area contributed by atoms with Crippen molar-refractivity contribution in [1.82, 2.24) is 0 Å². The number of unbranched alkanes of at least 4 members (excludes halogenated alkanes) is 1. The number of ether oxygens (including phenoxy) is 11. The molecule has 0 atom stereocenters. The summed E-state index contributed by atoms with van der Waals surface area (Å²) >= 11 is 0. The van der Waals surface area contributed by atoms with Crippen molar-refractivity contribution in [2.24, 2.45) is 0 Å². The number of hydrogen-bond acceptors (Lipinski definition) is 12. The van der Waals surface area contributed by atoms with Crippen LogP contribution >= 0.6 is 0 Å². The standard InChI is InChI=1S/C28H56O12/c1-5-6-7-30-8-9-31-10-11-32-12-13-33-14-15-34-16-17-35-18-19-36-20-21-37-22-23-38-24-25-39-26-27(29)40-28(2,3)4/h5-26H2,1-4H3. The highest BCUT2D eigenvalue weighted by Gasteiger charge is 2.15. The van der Waals surface area contributed by atoms with Crippen molar-refractivity contribution < 1.29 is 56.9 Å². The molecule has 0 aromatic rings. The largest absolute Gasteiger partial charge is 0.458 e. The van der Waals surface area contributed by atoms with E-state index in [1.807, 2.05) is 20.8 Å². The van der Waals surface area contributed by atoms with E-state index in [4.69, 9.17) is 52.1 Å². The summed E-state index contributed by atoms with van der Waals surface area (Å²) in [6.45, 7) is 17.4. The fourth-order valence-electron chi connectivity index (χ4n) is 2.75. The molecule has 0 heterocycles. The van der Waals surface area contributed by atoms with E-state index in [-0.39, 0.29) is 12.6 Å². The third-order valence-electron chi connectivity index (χ3n) is 4.63. The molecule has 40 heavy (non-hydrogen) atoms. The Morgan fingerprint density at radius 1 is 0.425 bits per heavy atom. The van der Waals surface area contributed by atoms with Crippen molar-refractivity contribution in [3.05, 3.63) is 0 Å². The Morgan fingerprint density at radius 3 is 0.925 bits per heavy atom. The van der Waals surface area contributed by atoms with Crippen molar-refractivity contribution in [2.75, 3.05) is 132 Å². The molecule has 0 rings (SSSR count). The molecule has 0 aliphatic rings. The van der Waals surface area contributed by atoms with Crippen LogP contribution in [0.1, 0.15) is 40.5 Å². The van der Waals surface area contributed by atoms with Gasteiger partial charge in [-0.1, -0.05) is 13.3 Å². The van der Waals surface area contributed by atoms with Crippen LogP contribution in [0.5, 0.6) is 0 Å². The van der Waals surface area contributed by atoms with E-state index >= 15 is 0 Å². The summed E-state index contributed by atoms with van der Waals surface area (Å²) in [6.07, 6.45) is 2.24. The second-order valence-electron chi connectivity index (χ2n) is 9.50. The Labute approximate surface area is 241 Å². The van der Waals surface area contributed by atoms with Gasteiger partial charge >= 0.3 is 5.97 Å². The molecular formula is C28H56O12. The fraction of sp³-hybridized carbons (Fsp3) is 0.964. The van der Waals surface area contributed by atoms with Crippen molar-refractivity contribution in [3.8, 4) is 0 Å². The first kappa shape index (κ1) is 39.1. The first-order chi connectivity index (χ1) is 19.5. The summed E-state index contributed by atoms with van der Waals surface area (Å²) in [4.78, 5) is 11.5. The highest BCUT2D eigenvalue weighted by Crippen LogP contribution is 2.06. The molecule has 0 fully saturated rings. The monoisotopic (exact) mass is 584 g/mol. The summed E-state index contributed by atoms with van der Waals surface area (Å²) in [5.41, 5.74) is -0.506. The molecular weight excluding hydrogens is 528 g/mol. The number of carbonyl (C=O) groups excluding carboxylic acids is 1. The van der Waals surface area contributed by atoms with Crippen molar-refractivity contribution in [2.45, 2.75) is 46.1 Å². The van der Waals surface area contributed by atoms with Gasteiger partial charge in [0.1, 0.15) is 12.2 Å². The first-order valence-electron chi connectivity index (χ1n) is 14.4. The molecule has 12 nitrogen and oxygen atoms in total. The molecule has 0 saturated heterocycles. The molecule has 0 aliphatic carbocycles. The van der Waals surface area contributed by atoms with Crippen LogP contribution in [0, 0.1) is 0 Å². The van der Waals surface area contributed by atoms with Gasteiger partial charge in [-0.2, -0.15) is 0 Å². The molecule has 240 valence electrons. The zero-order chi connectivity index (χ0) is 29.4. The Balaban J connectivity index is 3.09. The van der Waals surface area contributed by atoms with Crippen molar-refractivity contribution in [1.29, 1.82) is 0 Å². The Bertz CT molecular complexity index is 516. The van der Waals surface area contributed by atoms with Gasteiger partial charge in [0, 0.05) is 6.61 Å². The summed E-state index contributed by atoms with van der Waals surface area (Å²) in [6, 6.07) is 0. The molecule has 0 aromatic heterocycles. The highest BCUT2D eigenvalue weighted by atomic mass is 16.6. The van der Waals surface area contributed by atoms with Crippen LogP contribution in [-0.4, -0.2) is 144 Å². The summed E-state index contributed by atoms with van der Waals surface area (Å²) in [5.74, 6) is -0.383. The maximum absolute atomic E-state index is 11.5. The van der Waals surface area contributed by atoms with Gasteiger partial charge in [0.15, 0.2) is 0 Å². The molecule has 0 radical (unpaired) electrons. The lowest BCUT2D eigenvalue weighted by atomic mass is 10.2. The van der Waals surface area contributed by atoms with Crippen LogP contribution in [0.25, 0.3) is 0 Å². The average molecular weight is 585 g/mol. The lowest BCUT2D eigenvalue weighted by Crippen LogP contribution is -2.27. The minimum Gasteiger partial charge on any atom is -0.458 e. The summed E-state index contributed by atoms with van der Waals surface area (Å²) in [7, 11) is 0. The van der Waals surface area contributed by atoms with Gasteiger partial charge in [-0.05, 0) is 27.2 Å². The van der Waals surface area contributed by atoms with Gasteiger partial charge in [0.05, 0.1) is 119 Å². The second kappa shape index (κ2) is 31.0. The molecule has 0 amide bonds. The third kappa shape index (κ3) is 35.1. The first-order valence-corrected chi connectivity index (χ1v) is 14.4. The van der Waals surface area contributed by atoms with Gasteiger partial charge in [-0.15, -0.1) is 0 Å². The van der Waals surface area contributed by atoms with E-state index in [9.17, 15) is 4.79 Å². The minimum absolute atomic E-state index is 0.0789. The molecule has 0 aliphatic heterocycles. The van der Waals surface area contributed by atoms with E-state index in [1.165, 1.54) is 0 Å². The Kier molecular flexibility index (Phi) is 30.3. The van der Waals surface area contributed by atoms with Crippen LogP contribution in [0.15, 0.2) is 0 Å². The molecule has 12 heteroatoms.